The number of halogens is 1. The first-order valence-electron chi connectivity index (χ1n) is 9.31. The van der Waals surface area contributed by atoms with Gasteiger partial charge in [0.25, 0.3) is 5.56 Å². The first-order valence-corrected chi connectivity index (χ1v) is 9.31. The van der Waals surface area contributed by atoms with E-state index in [0.29, 0.717) is 22.5 Å². The first-order chi connectivity index (χ1) is 14.6. The number of nitrogens with zero attached hydrogens (tertiary/aromatic N) is 3. The van der Waals surface area contributed by atoms with E-state index >= 15 is 0 Å². The van der Waals surface area contributed by atoms with Gasteiger partial charge >= 0.3 is 5.69 Å². The predicted molar refractivity (Wildman–Crippen MR) is 107 cm³/mol. The van der Waals surface area contributed by atoms with Gasteiger partial charge in [0.1, 0.15) is 11.5 Å². The van der Waals surface area contributed by atoms with E-state index < -0.39 is 11.2 Å². The highest BCUT2D eigenvalue weighted by atomic mass is 19.1. The van der Waals surface area contributed by atoms with Crippen molar-refractivity contribution in [1.82, 2.24) is 14.1 Å². The van der Waals surface area contributed by atoms with Gasteiger partial charge < -0.3 is 9.47 Å². The average Bonchev–Trinajstić information content (AvgIpc) is 3.23. The van der Waals surface area contributed by atoms with Crippen molar-refractivity contribution in [1.29, 1.82) is 0 Å². The maximum Gasteiger partial charge on any atom is 0.333 e. The van der Waals surface area contributed by atoms with Crippen LogP contribution in [0.4, 0.5) is 4.39 Å². The molecule has 0 radical (unpaired) electrons. The number of pyridine rings is 1. The van der Waals surface area contributed by atoms with Crippen molar-refractivity contribution >= 4 is 11.0 Å². The molecule has 0 unspecified atom stereocenters. The Balaban J connectivity index is 1.64. The molecule has 8 heteroatoms. The van der Waals surface area contributed by atoms with E-state index in [0.717, 1.165) is 11.1 Å². The quantitative estimate of drug-likeness (QED) is 0.522. The Bertz CT molecular complexity index is 1380. The third-order valence-corrected chi connectivity index (χ3v) is 5.01. The van der Waals surface area contributed by atoms with Crippen molar-refractivity contribution in [3.05, 3.63) is 98.6 Å². The van der Waals surface area contributed by atoms with E-state index in [2.05, 4.69) is 4.98 Å². The summed E-state index contributed by atoms with van der Waals surface area (Å²) < 4.78 is 26.6. The molecule has 1 aliphatic rings. The van der Waals surface area contributed by atoms with Crippen LogP contribution >= 0.6 is 0 Å². The lowest BCUT2D eigenvalue weighted by atomic mass is 10.2. The van der Waals surface area contributed by atoms with Crippen LogP contribution in [0.2, 0.25) is 0 Å². The van der Waals surface area contributed by atoms with E-state index in [9.17, 15) is 14.0 Å². The van der Waals surface area contributed by atoms with Crippen LogP contribution in [0.15, 0.2) is 70.4 Å². The van der Waals surface area contributed by atoms with E-state index in [1.807, 2.05) is 0 Å². The summed E-state index contributed by atoms with van der Waals surface area (Å²) in [4.78, 5) is 30.6. The van der Waals surface area contributed by atoms with Crippen LogP contribution in [0.25, 0.3) is 11.0 Å². The van der Waals surface area contributed by atoms with Gasteiger partial charge in [-0.3, -0.25) is 13.9 Å². The van der Waals surface area contributed by atoms with E-state index in [1.165, 1.54) is 27.5 Å². The van der Waals surface area contributed by atoms with Crippen LogP contribution in [-0.4, -0.2) is 20.9 Å². The summed E-state index contributed by atoms with van der Waals surface area (Å²) in [5.74, 6) is 0.846. The zero-order valence-electron chi connectivity index (χ0n) is 15.7. The minimum atomic E-state index is -0.492. The summed E-state index contributed by atoms with van der Waals surface area (Å²) in [6, 6.07) is 14.5. The van der Waals surface area contributed by atoms with Gasteiger partial charge in [-0.1, -0.05) is 18.2 Å². The fourth-order valence-corrected chi connectivity index (χ4v) is 3.52. The first kappa shape index (κ1) is 18.1. The Kier molecular flexibility index (Phi) is 4.31. The van der Waals surface area contributed by atoms with Crippen LogP contribution in [0, 0.1) is 5.82 Å². The van der Waals surface area contributed by atoms with E-state index in [1.54, 1.807) is 42.5 Å². The van der Waals surface area contributed by atoms with Crippen molar-refractivity contribution < 1.29 is 13.9 Å². The summed E-state index contributed by atoms with van der Waals surface area (Å²) in [5.41, 5.74) is 0.830. The number of aromatic nitrogens is 3. The van der Waals surface area contributed by atoms with Gasteiger partial charge in [0.2, 0.25) is 6.79 Å². The maximum absolute atomic E-state index is 13.3. The molecule has 2 aromatic carbocycles. The topological polar surface area (TPSA) is 75.4 Å². The van der Waals surface area contributed by atoms with Gasteiger partial charge in [-0.25, -0.2) is 14.2 Å². The molecule has 3 heterocycles. The highest BCUT2D eigenvalue weighted by Gasteiger charge is 2.17. The maximum atomic E-state index is 13.3. The standard InChI is InChI=1S/C22H16FN3O4/c23-16-6-3-14(4-7-16)11-25-20-17(2-1-9-24-20)21(27)26(22(25)28)12-15-5-8-18-19(10-15)30-13-29-18/h1-10H,11-13H2. The van der Waals surface area contributed by atoms with Crippen molar-refractivity contribution in [2.75, 3.05) is 6.79 Å². The van der Waals surface area contributed by atoms with Gasteiger partial charge in [-0.05, 0) is 47.5 Å². The Morgan fingerprint density at radius 2 is 1.63 bits per heavy atom. The zero-order chi connectivity index (χ0) is 20.7. The van der Waals surface area contributed by atoms with E-state index in [-0.39, 0.29) is 25.7 Å². The lowest BCUT2D eigenvalue weighted by molar-refractivity contribution is 0.174. The minimum absolute atomic E-state index is 0.0720. The summed E-state index contributed by atoms with van der Waals surface area (Å²) in [6.45, 7) is 0.376. The van der Waals surface area contributed by atoms with Gasteiger partial charge in [0.05, 0.1) is 18.5 Å². The van der Waals surface area contributed by atoms with Gasteiger partial charge in [0, 0.05) is 6.20 Å². The Morgan fingerprint density at radius 1 is 0.900 bits per heavy atom. The molecule has 5 rings (SSSR count). The molecule has 2 aromatic heterocycles. The number of hydrogen-bond acceptors (Lipinski definition) is 5. The number of benzene rings is 2. The van der Waals surface area contributed by atoms with Crippen molar-refractivity contribution in [3.8, 4) is 11.5 Å². The molecule has 0 saturated carbocycles. The number of rotatable bonds is 4. The fourth-order valence-electron chi connectivity index (χ4n) is 3.52. The Hall–Kier alpha value is -3.94. The van der Waals surface area contributed by atoms with E-state index in [4.69, 9.17) is 9.47 Å². The molecule has 1 aliphatic heterocycles. The molecule has 7 nitrogen and oxygen atoms in total. The minimum Gasteiger partial charge on any atom is -0.454 e. The fraction of sp³-hybridized carbons (Fsp3) is 0.136. The second-order valence-corrected chi connectivity index (χ2v) is 6.95. The number of hydrogen-bond donors (Lipinski definition) is 0. The second-order valence-electron chi connectivity index (χ2n) is 6.95. The van der Waals surface area contributed by atoms with Crippen molar-refractivity contribution in [2.45, 2.75) is 13.1 Å². The normalized spacial score (nSPS) is 12.4. The van der Waals surface area contributed by atoms with Crippen molar-refractivity contribution in [2.24, 2.45) is 0 Å². The summed E-state index contributed by atoms with van der Waals surface area (Å²) >= 11 is 0. The SMILES string of the molecule is O=c1c2cccnc2n(Cc2ccc(F)cc2)c(=O)n1Cc1ccc2c(c1)OCO2. The molecule has 0 N–H and O–H groups in total. The van der Waals surface area contributed by atoms with Gasteiger partial charge in [-0.2, -0.15) is 0 Å². The summed E-state index contributed by atoms with van der Waals surface area (Å²) in [5, 5.41) is 0.333. The summed E-state index contributed by atoms with van der Waals surface area (Å²) in [6.07, 6.45) is 1.53. The molecule has 30 heavy (non-hydrogen) atoms. The lowest BCUT2D eigenvalue weighted by Gasteiger charge is -2.14. The summed E-state index contributed by atoms with van der Waals surface area (Å²) in [7, 11) is 0. The van der Waals surface area contributed by atoms with Gasteiger partial charge in [-0.15, -0.1) is 0 Å². The Labute approximate surface area is 169 Å². The van der Waals surface area contributed by atoms with Crippen LogP contribution in [0.3, 0.4) is 0 Å². The van der Waals surface area contributed by atoms with Crippen molar-refractivity contribution in [3.63, 3.8) is 0 Å². The highest BCUT2D eigenvalue weighted by molar-refractivity contribution is 5.73. The highest BCUT2D eigenvalue weighted by Crippen LogP contribution is 2.32. The average molecular weight is 405 g/mol. The molecular weight excluding hydrogens is 389 g/mol. The third-order valence-electron chi connectivity index (χ3n) is 5.01. The molecule has 0 saturated heterocycles. The third kappa shape index (κ3) is 3.12. The lowest BCUT2D eigenvalue weighted by Crippen LogP contribution is -2.40. The second kappa shape index (κ2) is 7.14. The molecular formula is C22H16FN3O4. The predicted octanol–water partition coefficient (Wildman–Crippen LogP) is 2.52. The molecule has 0 spiro atoms. The van der Waals surface area contributed by atoms with Gasteiger partial charge in [0.15, 0.2) is 11.5 Å². The molecule has 150 valence electrons. The molecule has 0 fully saturated rings. The zero-order valence-corrected chi connectivity index (χ0v) is 15.7. The largest absolute Gasteiger partial charge is 0.454 e. The van der Waals surface area contributed by atoms with Crippen LogP contribution in [0.5, 0.6) is 11.5 Å². The molecule has 0 bridgehead atoms. The molecule has 0 amide bonds. The van der Waals surface area contributed by atoms with Crippen LogP contribution in [0.1, 0.15) is 11.1 Å². The Morgan fingerprint density at radius 3 is 2.47 bits per heavy atom. The number of ether oxygens (including phenoxy) is 2. The smallest absolute Gasteiger partial charge is 0.333 e. The molecule has 0 aliphatic carbocycles. The number of fused-ring (bicyclic) bond motifs is 2. The van der Waals surface area contributed by atoms with Crippen LogP contribution in [-0.2, 0) is 13.1 Å². The molecule has 4 aromatic rings. The molecule has 0 atom stereocenters. The van der Waals surface area contributed by atoms with Crippen LogP contribution < -0.4 is 20.7 Å². The monoisotopic (exact) mass is 405 g/mol.